The monoisotopic (exact) mass is 364 g/mol. The van der Waals surface area contributed by atoms with Crippen molar-refractivity contribution < 1.29 is 24.2 Å². The Labute approximate surface area is 157 Å². The van der Waals surface area contributed by atoms with E-state index < -0.39 is 22.8 Å². The Kier molecular flexibility index (Phi) is 3.75. The topological polar surface area (TPSA) is 72.8 Å². The average molecular weight is 364 g/mol. The molecule has 3 aliphatic carbocycles. The molecule has 2 aromatic rings. The summed E-state index contributed by atoms with van der Waals surface area (Å²) >= 11 is 0. The van der Waals surface area contributed by atoms with Crippen LogP contribution in [0.5, 0.6) is 0 Å². The maximum atomic E-state index is 12.9. The second-order valence-corrected chi connectivity index (χ2v) is 7.01. The zero-order valence-electron chi connectivity index (χ0n) is 15.4. The van der Waals surface area contributed by atoms with E-state index in [0.29, 0.717) is 0 Å². The normalized spacial score (nSPS) is 24.9. The molecule has 5 heteroatoms. The fraction of sp³-hybridized carbons (Fsp3) is 0.273. The summed E-state index contributed by atoms with van der Waals surface area (Å²) in [6, 6.07) is 15.2. The largest absolute Gasteiger partial charge is 0.466 e. The predicted molar refractivity (Wildman–Crippen MR) is 98.3 cm³/mol. The molecule has 5 nitrogen and oxygen atoms in total. The van der Waals surface area contributed by atoms with Crippen LogP contribution in [0.1, 0.15) is 29.2 Å². The van der Waals surface area contributed by atoms with Crippen molar-refractivity contribution in [2.45, 2.75) is 17.8 Å². The Morgan fingerprint density at radius 3 is 1.63 bits per heavy atom. The van der Waals surface area contributed by atoms with Crippen LogP contribution in [0.4, 0.5) is 0 Å². The maximum Gasteiger partial charge on any atom is 0.335 e. The zero-order valence-corrected chi connectivity index (χ0v) is 15.4. The molecule has 0 heterocycles. The highest BCUT2D eigenvalue weighted by Gasteiger charge is 2.61. The molecule has 0 amide bonds. The first-order valence-electron chi connectivity index (χ1n) is 8.71. The van der Waals surface area contributed by atoms with Gasteiger partial charge in [-0.05, 0) is 29.2 Å². The Morgan fingerprint density at radius 2 is 1.22 bits per heavy atom. The molecule has 0 atom stereocenters. The average Bonchev–Trinajstić information content (AvgIpc) is 2.72. The van der Waals surface area contributed by atoms with Gasteiger partial charge in [0.2, 0.25) is 0 Å². The third-order valence-electron chi connectivity index (χ3n) is 6.04. The Balaban J connectivity index is 2.26. The second-order valence-electron chi connectivity index (χ2n) is 7.01. The van der Waals surface area contributed by atoms with Crippen LogP contribution in [-0.4, -0.2) is 37.9 Å². The van der Waals surface area contributed by atoms with Crippen molar-refractivity contribution in [2.75, 3.05) is 20.8 Å². The van der Waals surface area contributed by atoms with Crippen LogP contribution in [0.15, 0.2) is 59.7 Å². The molecule has 0 unspecified atom stereocenters. The lowest BCUT2D eigenvalue weighted by Gasteiger charge is -2.54. The molecule has 0 spiro atoms. The van der Waals surface area contributed by atoms with Crippen molar-refractivity contribution in [3.8, 4) is 0 Å². The molecule has 0 aliphatic heterocycles. The standard InChI is InChI=1S/C22H20O5/c1-21-13-8-4-6-10-15(13)22(12-23,16-11-7-5-9-14(16)21)18(20(25)27-3)17(21)19(24)26-2/h4-11,23H,12H2,1-3H3. The van der Waals surface area contributed by atoms with E-state index in [1.807, 2.05) is 55.5 Å². The number of aliphatic hydroxyl groups is 1. The zero-order chi connectivity index (χ0) is 19.4. The summed E-state index contributed by atoms with van der Waals surface area (Å²) < 4.78 is 10.1. The molecule has 0 saturated carbocycles. The molecular formula is C22H20O5. The van der Waals surface area contributed by atoms with Crippen LogP contribution in [0.25, 0.3) is 0 Å². The number of aliphatic hydroxyl groups excluding tert-OH is 1. The van der Waals surface area contributed by atoms with Gasteiger partial charge in [0.05, 0.1) is 42.8 Å². The summed E-state index contributed by atoms with van der Waals surface area (Å²) in [5, 5.41) is 10.6. The summed E-state index contributed by atoms with van der Waals surface area (Å²) in [7, 11) is 2.57. The van der Waals surface area contributed by atoms with Gasteiger partial charge in [0.15, 0.2) is 0 Å². The van der Waals surface area contributed by atoms with Crippen molar-refractivity contribution in [3.63, 3.8) is 0 Å². The van der Waals surface area contributed by atoms with Crippen molar-refractivity contribution in [3.05, 3.63) is 81.9 Å². The first-order valence-corrected chi connectivity index (χ1v) is 8.71. The molecule has 0 radical (unpaired) electrons. The number of ether oxygens (including phenoxy) is 2. The Bertz CT molecular complexity index is 954. The Morgan fingerprint density at radius 1 is 0.815 bits per heavy atom. The van der Waals surface area contributed by atoms with Gasteiger partial charge in [-0.15, -0.1) is 0 Å². The third-order valence-corrected chi connectivity index (χ3v) is 6.04. The number of esters is 2. The lowest BCUT2D eigenvalue weighted by atomic mass is 9.47. The number of rotatable bonds is 3. The van der Waals surface area contributed by atoms with Gasteiger partial charge in [-0.25, -0.2) is 9.59 Å². The van der Waals surface area contributed by atoms with Gasteiger partial charge in [0.1, 0.15) is 0 Å². The van der Waals surface area contributed by atoms with E-state index in [0.717, 1.165) is 22.3 Å². The van der Waals surface area contributed by atoms with Gasteiger partial charge >= 0.3 is 11.9 Å². The van der Waals surface area contributed by atoms with Crippen LogP contribution in [0.2, 0.25) is 0 Å². The molecule has 2 aromatic carbocycles. The predicted octanol–water partition coefficient (Wildman–Crippen LogP) is 2.24. The van der Waals surface area contributed by atoms with Crippen LogP contribution in [-0.2, 0) is 29.9 Å². The molecule has 3 aliphatic rings. The minimum absolute atomic E-state index is 0.152. The summed E-state index contributed by atoms with van der Waals surface area (Å²) in [4.78, 5) is 25.8. The fourth-order valence-corrected chi connectivity index (χ4v) is 4.91. The van der Waals surface area contributed by atoms with E-state index >= 15 is 0 Å². The number of hydrogen-bond acceptors (Lipinski definition) is 5. The third kappa shape index (κ3) is 1.87. The van der Waals surface area contributed by atoms with E-state index in [-0.39, 0.29) is 17.8 Å². The van der Waals surface area contributed by atoms with E-state index in [9.17, 15) is 14.7 Å². The number of hydrogen-bond donors (Lipinski definition) is 1. The minimum atomic E-state index is -1.18. The Hall–Kier alpha value is -2.92. The van der Waals surface area contributed by atoms with Gasteiger partial charge < -0.3 is 14.6 Å². The van der Waals surface area contributed by atoms with Gasteiger partial charge in [0.25, 0.3) is 0 Å². The lowest BCUT2D eigenvalue weighted by molar-refractivity contribution is -0.141. The van der Waals surface area contributed by atoms with E-state index in [1.54, 1.807) is 0 Å². The number of benzene rings is 2. The fourth-order valence-electron chi connectivity index (χ4n) is 4.91. The quantitative estimate of drug-likeness (QED) is 0.846. The molecule has 0 fully saturated rings. The van der Waals surface area contributed by atoms with Gasteiger partial charge in [-0.1, -0.05) is 48.5 Å². The van der Waals surface area contributed by atoms with Gasteiger partial charge in [0, 0.05) is 0 Å². The van der Waals surface area contributed by atoms with Gasteiger partial charge in [-0.2, -0.15) is 0 Å². The van der Waals surface area contributed by atoms with Crippen molar-refractivity contribution >= 4 is 11.9 Å². The van der Waals surface area contributed by atoms with Crippen molar-refractivity contribution in [1.82, 2.24) is 0 Å². The van der Waals surface area contributed by atoms with E-state index in [4.69, 9.17) is 9.47 Å². The van der Waals surface area contributed by atoms with Crippen LogP contribution in [0.3, 0.4) is 0 Å². The molecular weight excluding hydrogens is 344 g/mol. The summed E-state index contributed by atoms with van der Waals surface area (Å²) in [6.07, 6.45) is 0. The minimum Gasteiger partial charge on any atom is -0.466 e. The second kappa shape index (κ2) is 5.79. The highest BCUT2D eigenvalue weighted by atomic mass is 16.5. The summed E-state index contributed by atoms with van der Waals surface area (Å²) in [6.45, 7) is 1.54. The number of carbonyl (C=O) groups is 2. The van der Waals surface area contributed by atoms with Crippen LogP contribution >= 0.6 is 0 Å². The number of carbonyl (C=O) groups excluding carboxylic acids is 2. The molecule has 27 heavy (non-hydrogen) atoms. The highest BCUT2D eigenvalue weighted by Crippen LogP contribution is 2.61. The maximum absolute atomic E-state index is 12.9. The van der Waals surface area contributed by atoms with Crippen LogP contribution in [0, 0.1) is 0 Å². The highest BCUT2D eigenvalue weighted by molar-refractivity contribution is 6.08. The van der Waals surface area contributed by atoms with Crippen molar-refractivity contribution in [1.29, 1.82) is 0 Å². The first kappa shape index (κ1) is 17.5. The smallest absolute Gasteiger partial charge is 0.335 e. The van der Waals surface area contributed by atoms with Crippen LogP contribution < -0.4 is 0 Å². The molecule has 1 N–H and O–H groups in total. The van der Waals surface area contributed by atoms with E-state index in [1.165, 1.54) is 14.2 Å². The molecule has 2 bridgehead atoms. The lowest BCUT2D eigenvalue weighted by Crippen LogP contribution is -2.55. The van der Waals surface area contributed by atoms with Gasteiger partial charge in [-0.3, -0.25) is 0 Å². The molecule has 138 valence electrons. The molecule has 0 aromatic heterocycles. The van der Waals surface area contributed by atoms with Crippen molar-refractivity contribution in [2.24, 2.45) is 0 Å². The number of methoxy groups -OCH3 is 2. The summed E-state index contributed by atoms with van der Waals surface area (Å²) in [5.74, 6) is -1.24. The molecule has 5 rings (SSSR count). The first-order chi connectivity index (χ1) is 13.0. The SMILES string of the molecule is COC(=O)C1=C(C(=O)OC)C2(CO)c3ccccc3C1(C)c1ccccc12. The molecule has 0 saturated heterocycles. The van der Waals surface area contributed by atoms with E-state index in [2.05, 4.69) is 0 Å². The summed E-state index contributed by atoms with van der Waals surface area (Å²) in [5.41, 5.74) is 1.69.